The second-order valence-electron chi connectivity index (χ2n) is 7.06. The van der Waals surface area contributed by atoms with Gasteiger partial charge in [0.2, 0.25) is 0 Å². The highest BCUT2D eigenvalue weighted by Gasteiger charge is 2.31. The highest BCUT2D eigenvalue weighted by Crippen LogP contribution is 2.32. The average molecular weight is 311 g/mol. The van der Waals surface area contributed by atoms with Gasteiger partial charge in [-0.05, 0) is 43.5 Å². The van der Waals surface area contributed by atoms with Gasteiger partial charge >= 0.3 is 0 Å². The summed E-state index contributed by atoms with van der Waals surface area (Å²) in [6.07, 6.45) is 4.40. The third kappa shape index (κ3) is 2.76. The number of benzene rings is 1. The molecular weight excluding hydrogens is 289 g/mol. The van der Waals surface area contributed by atoms with Crippen molar-refractivity contribution in [2.24, 2.45) is 0 Å². The molecule has 1 saturated heterocycles. The van der Waals surface area contributed by atoms with E-state index in [9.17, 15) is 4.39 Å². The maximum Gasteiger partial charge on any atom is 0.131 e. The van der Waals surface area contributed by atoms with Crippen molar-refractivity contribution in [3.05, 3.63) is 47.2 Å². The second-order valence-corrected chi connectivity index (χ2v) is 7.06. The van der Waals surface area contributed by atoms with Crippen LogP contribution in [0.2, 0.25) is 0 Å². The van der Waals surface area contributed by atoms with Crippen LogP contribution < -0.4 is 5.32 Å². The van der Waals surface area contributed by atoms with Crippen molar-refractivity contribution in [3.63, 3.8) is 0 Å². The van der Waals surface area contributed by atoms with Gasteiger partial charge in [-0.15, -0.1) is 0 Å². The van der Waals surface area contributed by atoms with E-state index < -0.39 is 0 Å². The van der Waals surface area contributed by atoms with Gasteiger partial charge in [-0.1, -0.05) is 13.8 Å². The van der Waals surface area contributed by atoms with E-state index in [1.807, 2.05) is 12.1 Å². The van der Waals surface area contributed by atoms with Crippen molar-refractivity contribution in [1.29, 1.82) is 0 Å². The lowest BCUT2D eigenvalue weighted by Crippen LogP contribution is -2.29. The Labute approximate surface area is 136 Å². The fourth-order valence-corrected chi connectivity index (χ4v) is 3.74. The fraction of sp³-hybridized carbons (Fsp3) is 0.474. The van der Waals surface area contributed by atoms with Crippen LogP contribution in [0, 0.1) is 5.82 Å². The standard InChI is InChI=1S/C19H22FN3/c1-11(2)19-22-17-10-15-8-7-14(21-15)9-16(17)18(23-19)12-3-5-13(20)6-4-12/h3-6,11,14-15,21H,7-10H2,1-2H3. The first kappa shape index (κ1) is 14.8. The van der Waals surface area contributed by atoms with Crippen LogP contribution >= 0.6 is 0 Å². The molecule has 2 aliphatic rings. The molecule has 23 heavy (non-hydrogen) atoms. The first-order chi connectivity index (χ1) is 11.1. The maximum atomic E-state index is 13.3. The highest BCUT2D eigenvalue weighted by atomic mass is 19.1. The molecule has 4 heteroatoms. The minimum Gasteiger partial charge on any atom is -0.311 e. The van der Waals surface area contributed by atoms with Crippen LogP contribution in [-0.4, -0.2) is 22.1 Å². The maximum absolute atomic E-state index is 13.3. The molecule has 1 aromatic heterocycles. The van der Waals surface area contributed by atoms with Crippen molar-refractivity contribution in [3.8, 4) is 11.3 Å². The quantitative estimate of drug-likeness (QED) is 0.920. The van der Waals surface area contributed by atoms with Crippen LogP contribution in [0.4, 0.5) is 4.39 Å². The summed E-state index contributed by atoms with van der Waals surface area (Å²) < 4.78 is 13.3. The van der Waals surface area contributed by atoms with E-state index >= 15 is 0 Å². The molecule has 0 spiro atoms. The molecule has 4 rings (SSSR count). The van der Waals surface area contributed by atoms with Gasteiger partial charge < -0.3 is 5.32 Å². The number of hydrogen-bond donors (Lipinski definition) is 1. The molecule has 1 N–H and O–H groups in total. The van der Waals surface area contributed by atoms with E-state index in [0.29, 0.717) is 12.1 Å². The largest absolute Gasteiger partial charge is 0.311 e. The van der Waals surface area contributed by atoms with Gasteiger partial charge in [0.05, 0.1) is 5.69 Å². The van der Waals surface area contributed by atoms with Gasteiger partial charge in [0.25, 0.3) is 0 Å². The van der Waals surface area contributed by atoms with Gasteiger partial charge in [0.15, 0.2) is 0 Å². The van der Waals surface area contributed by atoms with Crippen LogP contribution in [0.15, 0.2) is 24.3 Å². The average Bonchev–Trinajstić information content (AvgIpc) is 2.87. The zero-order valence-corrected chi connectivity index (χ0v) is 13.6. The molecule has 3 heterocycles. The van der Waals surface area contributed by atoms with E-state index in [2.05, 4.69) is 19.2 Å². The van der Waals surface area contributed by atoms with Crippen LogP contribution in [0.5, 0.6) is 0 Å². The number of hydrogen-bond acceptors (Lipinski definition) is 3. The second kappa shape index (κ2) is 5.68. The molecule has 2 atom stereocenters. The lowest BCUT2D eigenvalue weighted by atomic mass is 9.93. The molecule has 0 saturated carbocycles. The minimum atomic E-state index is -0.210. The highest BCUT2D eigenvalue weighted by molar-refractivity contribution is 5.64. The zero-order chi connectivity index (χ0) is 16.0. The van der Waals surface area contributed by atoms with Crippen molar-refractivity contribution >= 4 is 0 Å². The Bertz CT molecular complexity index is 724. The molecule has 2 bridgehead atoms. The topological polar surface area (TPSA) is 37.8 Å². The lowest BCUT2D eigenvalue weighted by molar-refractivity contribution is 0.552. The Morgan fingerprint density at radius 2 is 1.74 bits per heavy atom. The Morgan fingerprint density at radius 3 is 2.43 bits per heavy atom. The summed E-state index contributed by atoms with van der Waals surface area (Å²) in [7, 11) is 0. The number of nitrogens with zero attached hydrogens (tertiary/aromatic N) is 2. The molecule has 2 aliphatic heterocycles. The Hall–Kier alpha value is -1.81. The molecule has 1 fully saturated rings. The summed E-state index contributed by atoms with van der Waals surface area (Å²) in [6, 6.07) is 7.75. The van der Waals surface area contributed by atoms with Gasteiger partial charge in [0, 0.05) is 41.2 Å². The van der Waals surface area contributed by atoms with Crippen molar-refractivity contribution in [2.75, 3.05) is 0 Å². The number of fused-ring (bicyclic) bond motifs is 3. The van der Waals surface area contributed by atoms with Crippen molar-refractivity contribution in [2.45, 2.75) is 57.5 Å². The van der Waals surface area contributed by atoms with E-state index in [1.165, 1.54) is 36.2 Å². The Morgan fingerprint density at radius 1 is 1.04 bits per heavy atom. The third-order valence-electron chi connectivity index (χ3n) is 4.97. The zero-order valence-electron chi connectivity index (χ0n) is 13.6. The molecular formula is C19H22FN3. The predicted octanol–water partition coefficient (Wildman–Crippen LogP) is 3.63. The van der Waals surface area contributed by atoms with E-state index in [1.54, 1.807) is 0 Å². The summed E-state index contributed by atoms with van der Waals surface area (Å²) in [4.78, 5) is 9.72. The van der Waals surface area contributed by atoms with Crippen LogP contribution in [0.3, 0.4) is 0 Å². The molecule has 120 valence electrons. The Kier molecular flexibility index (Phi) is 3.64. The fourth-order valence-electron chi connectivity index (χ4n) is 3.74. The van der Waals surface area contributed by atoms with Crippen LogP contribution in [0.1, 0.15) is 49.7 Å². The van der Waals surface area contributed by atoms with E-state index in [0.717, 1.165) is 29.9 Å². The molecule has 1 aromatic carbocycles. The van der Waals surface area contributed by atoms with Gasteiger partial charge in [-0.2, -0.15) is 0 Å². The first-order valence-corrected chi connectivity index (χ1v) is 8.52. The third-order valence-corrected chi connectivity index (χ3v) is 4.97. The molecule has 0 radical (unpaired) electrons. The predicted molar refractivity (Wildman–Crippen MR) is 88.9 cm³/mol. The summed E-state index contributed by atoms with van der Waals surface area (Å²) in [5, 5.41) is 3.71. The molecule has 3 nitrogen and oxygen atoms in total. The minimum absolute atomic E-state index is 0.210. The molecule has 2 unspecified atom stereocenters. The van der Waals surface area contributed by atoms with Crippen molar-refractivity contribution in [1.82, 2.24) is 15.3 Å². The monoisotopic (exact) mass is 311 g/mol. The summed E-state index contributed by atoms with van der Waals surface area (Å²) in [6.45, 7) is 4.24. The lowest BCUT2D eigenvalue weighted by Gasteiger charge is -2.18. The molecule has 0 amide bonds. The number of nitrogens with one attached hydrogen (secondary N) is 1. The van der Waals surface area contributed by atoms with E-state index in [4.69, 9.17) is 9.97 Å². The van der Waals surface area contributed by atoms with Crippen LogP contribution in [0.25, 0.3) is 11.3 Å². The normalized spacial score (nSPS) is 23.0. The molecule has 2 aromatic rings. The van der Waals surface area contributed by atoms with Gasteiger partial charge in [-0.25, -0.2) is 14.4 Å². The van der Waals surface area contributed by atoms with Crippen molar-refractivity contribution < 1.29 is 4.39 Å². The van der Waals surface area contributed by atoms with Crippen LogP contribution in [-0.2, 0) is 12.8 Å². The summed E-state index contributed by atoms with van der Waals surface area (Å²) in [5.41, 5.74) is 4.42. The molecule has 0 aliphatic carbocycles. The van der Waals surface area contributed by atoms with Gasteiger partial charge in [-0.3, -0.25) is 0 Å². The first-order valence-electron chi connectivity index (χ1n) is 8.52. The summed E-state index contributed by atoms with van der Waals surface area (Å²) >= 11 is 0. The smallest absolute Gasteiger partial charge is 0.131 e. The SMILES string of the molecule is CC(C)c1nc2c(c(-c3ccc(F)cc3)n1)CC1CCC(C2)N1. The Balaban J connectivity index is 1.88. The number of rotatable bonds is 2. The summed E-state index contributed by atoms with van der Waals surface area (Å²) in [5.74, 6) is 0.965. The van der Waals surface area contributed by atoms with Gasteiger partial charge in [0.1, 0.15) is 11.6 Å². The van der Waals surface area contributed by atoms with E-state index in [-0.39, 0.29) is 11.7 Å². The number of halogens is 1. The number of aromatic nitrogens is 2.